The van der Waals surface area contributed by atoms with Crippen molar-refractivity contribution < 1.29 is 52.3 Å². The van der Waals surface area contributed by atoms with E-state index in [1.807, 2.05) is 0 Å². The monoisotopic (exact) mass is 968 g/mol. The molecule has 4 aliphatic rings. The Morgan fingerprint density at radius 2 is 0.763 bits per heavy atom. The molecule has 6 rings (SSSR count). The topological polar surface area (TPSA) is 91.3 Å². The van der Waals surface area contributed by atoms with Crippen LogP contribution in [0.2, 0.25) is 0 Å². The first-order valence-corrected chi connectivity index (χ1v) is 30.5. The van der Waals surface area contributed by atoms with Gasteiger partial charge in [0, 0.05) is 33.2 Å². The second-order valence-corrected chi connectivity index (χ2v) is 30.5. The van der Waals surface area contributed by atoms with Gasteiger partial charge in [-0.2, -0.15) is 13.2 Å². The molecule has 8 atom stereocenters. The van der Waals surface area contributed by atoms with Gasteiger partial charge in [-0.3, -0.25) is 0 Å². The molecule has 4 aliphatic heterocycles. The van der Waals surface area contributed by atoms with Gasteiger partial charge in [-0.1, -0.05) is 120 Å². The van der Waals surface area contributed by atoms with E-state index in [1.165, 1.54) is 98.3 Å². The summed E-state index contributed by atoms with van der Waals surface area (Å²) in [6, 6.07) is 18.0. The van der Waals surface area contributed by atoms with Gasteiger partial charge in [0.25, 0.3) is 0 Å². The second-order valence-electron chi connectivity index (χ2n) is 16.9. The van der Waals surface area contributed by atoms with Crippen LogP contribution in [0, 0.1) is 0 Å². The van der Waals surface area contributed by atoms with E-state index in [9.17, 15) is 22.3 Å². The summed E-state index contributed by atoms with van der Waals surface area (Å²) in [6.07, 6.45) is 19.7. The van der Waals surface area contributed by atoms with Gasteiger partial charge in [-0.15, -0.1) is 0 Å². The minimum absolute atomic E-state index is 0. The molecular formula is C45H72CuF3O5P4S. The average molecular weight is 970 g/mol. The maximum atomic E-state index is 14.5. The Hall–Kier alpha value is -0.0205. The molecule has 4 fully saturated rings. The van der Waals surface area contributed by atoms with Gasteiger partial charge in [0.1, 0.15) is 14.3 Å². The number of alkyl halides is 3. The molecule has 5 nitrogen and oxygen atoms in total. The summed E-state index contributed by atoms with van der Waals surface area (Å²) in [7, 11) is -11.0. The van der Waals surface area contributed by atoms with Gasteiger partial charge in [-0.05, 0) is 136 Å². The van der Waals surface area contributed by atoms with E-state index in [1.54, 1.807) is 0 Å². The van der Waals surface area contributed by atoms with Crippen LogP contribution in [-0.2, 0) is 36.3 Å². The molecular weight excluding hydrogens is 897 g/mol. The zero-order chi connectivity index (χ0) is 43.1. The van der Waals surface area contributed by atoms with Crippen molar-refractivity contribution in [2.75, 3.05) is 0 Å². The normalized spacial score (nSPS) is 34.4. The molecule has 59 heavy (non-hydrogen) atoms. The van der Waals surface area contributed by atoms with Crippen molar-refractivity contribution in [3.8, 4) is 0 Å². The molecule has 0 bridgehead atoms. The van der Waals surface area contributed by atoms with Crippen LogP contribution in [0.15, 0.2) is 48.5 Å². The molecule has 14 heteroatoms. The molecule has 340 valence electrons. The summed E-state index contributed by atoms with van der Waals surface area (Å²) in [6.45, 7) is 18.5. The Balaban J connectivity index is 0.000000263. The fourth-order valence-electron chi connectivity index (χ4n) is 11.1. The van der Waals surface area contributed by atoms with Crippen molar-refractivity contribution >= 4 is 61.5 Å². The van der Waals surface area contributed by atoms with Crippen LogP contribution in [0.25, 0.3) is 0 Å². The quantitative estimate of drug-likeness (QED) is 0.0914. The van der Waals surface area contributed by atoms with E-state index in [4.69, 9.17) is 13.0 Å². The Morgan fingerprint density at radius 1 is 0.525 bits per heavy atom. The number of rotatable bonds is 12. The number of halogens is 3. The largest absolute Gasteiger partial charge is 1.00 e. The van der Waals surface area contributed by atoms with Gasteiger partial charge in [0.05, 0.1) is 0 Å². The Labute approximate surface area is 369 Å². The first kappa shape index (κ1) is 53.3. The summed E-state index contributed by atoms with van der Waals surface area (Å²) in [5, 5.41) is 5.71. The van der Waals surface area contributed by atoms with Crippen LogP contribution in [0.4, 0.5) is 13.2 Å². The van der Waals surface area contributed by atoms with Crippen LogP contribution in [-0.4, -0.2) is 63.8 Å². The van der Waals surface area contributed by atoms with Crippen molar-refractivity contribution in [1.29, 1.82) is 0 Å². The van der Waals surface area contributed by atoms with Gasteiger partial charge >= 0.3 is 22.6 Å². The van der Waals surface area contributed by atoms with Crippen LogP contribution in [0.3, 0.4) is 0 Å². The molecule has 0 spiro atoms. The third kappa shape index (κ3) is 11.3. The maximum Gasteiger partial charge on any atom is 1.00 e. The van der Waals surface area contributed by atoms with Crippen LogP contribution in [0.1, 0.15) is 158 Å². The predicted molar refractivity (Wildman–Crippen MR) is 246 cm³/mol. The molecule has 0 aromatic heterocycles. The molecule has 2 aromatic rings. The minimum Gasteiger partial charge on any atom is -0.741 e. The van der Waals surface area contributed by atoms with Gasteiger partial charge in [0.2, 0.25) is 0 Å². The van der Waals surface area contributed by atoms with Crippen molar-refractivity contribution in [2.45, 2.75) is 209 Å². The van der Waals surface area contributed by atoms with E-state index in [0.717, 1.165) is 48.3 Å². The fraction of sp³-hybridized carbons (Fsp3) is 0.733. The van der Waals surface area contributed by atoms with Crippen molar-refractivity contribution in [1.82, 2.24) is 0 Å². The maximum absolute atomic E-state index is 14.5. The first-order valence-electron chi connectivity index (χ1n) is 22.4. The van der Waals surface area contributed by atoms with Crippen LogP contribution >= 0.6 is 30.1 Å². The standard InChI is InChI=1S/2C22H36OP2.CHF3O3S.Cu/c2*1-5-17-13-14-18(6-2)24(17)21-11-9-10-12-22(21)25(23)19(7-3)15-16-20(25)8-4;2-1(3,4)8(5,6)7;/h2*9-12,17-20H,5-8,13-16H2,1-4H3;(H,5,6,7);/q;;;+1/p-1. The Kier molecular flexibility index (Phi) is 21.0. The average Bonchev–Trinajstić information content (AvgIpc) is 3.99. The summed E-state index contributed by atoms with van der Waals surface area (Å²) in [5.74, 6) is 0. The van der Waals surface area contributed by atoms with Gasteiger partial charge < -0.3 is 13.7 Å². The molecule has 4 saturated heterocycles. The van der Waals surface area contributed by atoms with E-state index < -0.39 is 29.9 Å². The number of hydrogen-bond acceptors (Lipinski definition) is 5. The molecule has 0 N–H and O–H groups in total. The molecule has 0 radical (unpaired) electrons. The van der Waals surface area contributed by atoms with E-state index in [2.05, 4.69) is 104 Å². The van der Waals surface area contributed by atoms with E-state index in [0.29, 0.717) is 22.6 Å². The number of benzene rings is 2. The zero-order valence-corrected chi connectivity index (χ0v) is 42.1. The van der Waals surface area contributed by atoms with E-state index in [-0.39, 0.29) is 32.9 Å². The summed E-state index contributed by atoms with van der Waals surface area (Å²) < 4.78 is 87.9. The van der Waals surface area contributed by atoms with Gasteiger partial charge in [0.15, 0.2) is 10.1 Å². The van der Waals surface area contributed by atoms with Crippen molar-refractivity contribution in [2.24, 2.45) is 0 Å². The zero-order valence-electron chi connectivity index (χ0n) is 36.7. The van der Waals surface area contributed by atoms with E-state index >= 15 is 0 Å². The Morgan fingerprint density at radius 3 is 0.966 bits per heavy atom. The molecule has 0 saturated carbocycles. The molecule has 0 aliphatic carbocycles. The van der Waals surface area contributed by atoms with Crippen molar-refractivity contribution in [3.63, 3.8) is 0 Å². The second kappa shape index (κ2) is 23.3. The molecule has 2 aromatic carbocycles. The molecule has 8 unspecified atom stereocenters. The summed E-state index contributed by atoms with van der Waals surface area (Å²) in [5.41, 5.74) is -0.565. The van der Waals surface area contributed by atoms with Crippen LogP contribution < -0.4 is 21.2 Å². The van der Waals surface area contributed by atoms with Crippen molar-refractivity contribution in [3.05, 3.63) is 48.5 Å². The molecule has 4 heterocycles. The summed E-state index contributed by atoms with van der Waals surface area (Å²) >= 11 is 0. The summed E-state index contributed by atoms with van der Waals surface area (Å²) in [4.78, 5) is 0. The number of hydrogen-bond donors (Lipinski definition) is 0. The minimum atomic E-state index is -6.09. The Bertz CT molecular complexity index is 1660. The van der Waals surface area contributed by atoms with Gasteiger partial charge in [-0.25, -0.2) is 8.42 Å². The third-order valence-electron chi connectivity index (χ3n) is 14.2. The third-order valence-corrected chi connectivity index (χ3v) is 31.8. The predicted octanol–water partition coefficient (Wildman–Crippen LogP) is 13.0. The smallest absolute Gasteiger partial charge is 0.741 e. The SMILES string of the molecule is CCC1CCC(CC)P1c1ccccc1P1(=O)C(CC)CCC1CC.CCC1CCC(CC)P1c1ccccc1P1(=O)C(CC)CCC1CC.O=S(=O)([O-])C(F)(F)F.[Cu+]. The first-order chi connectivity index (χ1) is 27.5. The fourth-order valence-corrected chi connectivity index (χ4v) is 28.5. The van der Waals surface area contributed by atoms with Crippen LogP contribution in [0.5, 0.6) is 0 Å². The molecule has 0 amide bonds.